The van der Waals surface area contributed by atoms with Crippen LogP contribution in [0.1, 0.15) is 25.3 Å². The van der Waals surface area contributed by atoms with Crippen molar-refractivity contribution in [3.05, 3.63) is 29.8 Å². The van der Waals surface area contributed by atoms with Crippen LogP contribution >= 0.6 is 0 Å². The van der Waals surface area contributed by atoms with Gasteiger partial charge >= 0.3 is 0 Å². The molecule has 1 fully saturated rings. The maximum Gasteiger partial charge on any atom is 0.240 e. The number of nitrogens with zero attached hydrogens (tertiary/aromatic N) is 1. The molecular formula is C12H14N2O2S. The van der Waals surface area contributed by atoms with E-state index in [1.54, 1.807) is 0 Å². The van der Waals surface area contributed by atoms with Crippen LogP contribution < -0.4 is 4.72 Å². The van der Waals surface area contributed by atoms with Crippen molar-refractivity contribution in [2.75, 3.05) is 0 Å². The van der Waals surface area contributed by atoms with Gasteiger partial charge in [0.15, 0.2) is 0 Å². The zero-order valence-corrected chi connectivity index (χ0v) is 10.4. The number of rotatable bonds is 4. The van der Waals surface area contributed by atoms with E-state index in [0.717, 1.165) is 12.8 Å². The summed E-state index contributed by atoms with van der Waals surface area (Å²) in [6.07, 6.45) is 2.19. The fourth-order valence-corrected chi connectivity index (χ4v) is 3.03. The number of benzene rings is 1. The molecule has 1 atom stereocenters. The van der Waals surface area contributed by atoms with Gasteiger partial charge in [-0.1, -0.05) is 0 Å². The number of hydrogen-bond donors (Lipinski definition) is 1. The second kappa shape index (κ2) is 4.47. The van der Waals surface area contributed by atoms with Gasteiger partial charge in [0.05, 0.1) is 16.5 Å². The first-order chi connectivity index (χ1) is 8.03. The fourth-order valence-electron chi connectivity index (χ4n) is 1.71. The van der Waals surface area contributed by atoms with Crippen LogP contribution in [0.3, 0.4) is 0 Å². The van der Waals surface area contributed by atoms with E-state index >= 15 is 0 Å². The molecule has 4 nitrogen and oxygen atoms in total. The van der Waals surface area contributed by atoms with Gasteiger partial charge in [-0.25, -0.2) is 13.1 Å². The summed E-state index contributed by atoms with van der Waals surface area (Å²) >= 11 is 0. The molecule has 0 amide bonds. The minimum Gasteiger partial charge on any atom is -0.208 e. The van der Waals surface area contributed by atoms with Crippen LogP contribution in [0, 0.1) is 17.2 Å². The molecular weight excluding hydrogens is 236 g/mol. The van der Waals surface area contributed by atoms with E-state index in [0.29, 0.717) is 11.5 Å². The van der Waals surface area contributed by atoms with E-state index in [4.69, 9.17) is 5.26 Å². The highest BCUT2D eigenvalue weighted by molar-refractivity contribution is 7.89. The van der Waals surface area contributed by atoms with Crippen molar-refractivity contribution in [3.63, 3.8) is 0 Å². The van der Waals surface area contributed by atoms with Gasteiger partial charge < -0.3 is 0 Å². The average molecular weight is 250 g/mol. The van der Waals surface area contributed by atoms with Gasteiger partial charge in [0.2, 0.25) is 10.0 Å². The van der Waals surface area contributed by atoms with Crippen LogP contribution in [0.15, 0.2) is 29.2 Å². The molecule has 0 aliphatic heterocycles. The molecule has 1 N–H and O–H groups in total. The van der Waals surface area contributed by atoms with E-state index < -0.39 is 10.0 Å². The fraction of sp³-hybridized carbons (Fsp3) is 0.417. The lowest BCUT2D eigenvalue weighted by molar-refractivity contribution is 0.538. The monoisotopic (exact) mass is 250 g/mol. The standard InChI is InChI=1S/C12H14N2O2S/c1-9(11-4-5-11)14-17(15,16)12-6-2-10(8-13)3-7-12/h2-3,6-7,9,11,14H,4-5H2,1H3. The third kappa shape index (κ3) is 2.84. The molecule has 0 aromatic heterocycles. The van der Waals surface area contributed by atoms with Gasteiger partial charge in [-0.3, -0.25) is 0 Å². The van der Waals surface area contributed by atoms with E-state index in [-0.39, 0.29) is 10.9 Å². The predicted molar refractivity (Wildman–Crippen MR) is 63.7 cm³/mol. The third-order valence-electron chi connectivity index (χ3n) is 2.96. The number of hydrogen-bond acceptors (Lipinski definition) is 3. The average Bonchev–Trinajstić information content (AvgIpc) is 3.12. The molecule has 0 spiro atoms. The highest BCUT2D eigenvalue weighted by Gasteiger charge is 2.31. The minimum atomic E-state index is -3.45. The molecule has 17 heavy (non-hydrogen) atoms. The molecule has 1 aliphatic rings. The highest BCUT2D eigenvalue weighted by Crippen LogP contribution is 2.32. The number of sulfonamides is 1. The predicted octanol–water partition coefficient (Wildman–Crippen LogP) is 1.64. The molecule has 1 saturated carbocycles. The Bertz CT molecular complexity index is 539. The summed E-state index contributed by atoms with van der Waals surface area (Å²) in [7, 11) is -3.45. The van der Waals surface area contributed by atoms with Crippen molar-refractivity contribution in [2.45, 2.75) is 30.7 Å². The van der Waals surface area contributed by atoms with Gasteiger partial charge in [0.1, 0.15) is 0 Å². The van der Waals surface area contributed by atoms with E-state index in [2.05, 4.69) is 4.72 Å². The van der Waals surface area contributed by atoms with Gasteiger partial charge in [-0.15, -0.1) is 0 Å². The van der Waals surface area contributed by atoms with Gasteiger partial charge in [0.25, 0.3) is 0 Å². The summed E-state index contributed by atoms with van der Waals surface area (Å²) in [6.45, 7) is 1.89. The summed E-state index contributed by atoms with van der Waals surface area (Å²) in [5, 5.41) is 8.64. The Hall–Kier alpha value is -1.38. The Kier molecular flexibility index (Phi) is 3.18. The molecule has 5 heteroatoms. The Morgan fingerprint density at radius 3 is 2.41 bits per heavy atom. The van der Waals surface area contributed by atoms with Crippen LogP contribution in [0.2, 0.25) is 0 Å². The van der Waals surface area contributed by atoms with Crippen molar-refractivity contribution >= 4 is 10.0 Å². The van der Waals surface area contributed by atoms with Gasteiger partial charge in [0, 0.05) is 6.04 Å². The van der Waals surface area contributed by atoms with Crippen LogP contribution in [-0.2, 0) is 10.0 Å². The lowest BCUT2D eigenvalue weighted by Gasteiger charge is -2.13. The van der Waals surface area contributed by atoms with Crippen LogP contribution in [-0.4, -0.2) is 14.5 Å². The molecule has 0 heterocycles. The normalized spacial score (nSPS) is 17.4. The maximum absolute atomic E-state index is 12.0. The smallest absolute Gasteiger partial charge is 0.208 e. The summed E-state index contributed by atoms with van der Waals surface area (Å²) in [5.74, 6) is 0.475. The first-order valence-corrected chi connectivity index (χ1v) is 7.04. The van der Waals surface area contributed by atoms with Crippen molar-refractivity contribution in [1.82, 2.24) is 4.72 Å². The molecule has 90 valence electrons. The molecule has 1 aromatic rings. The second-order valence-electron chi connectivity index (χ2n) is 4.38. The summed E-state index contributed by atoms with van der Waals surface area (Å²) in [5.41, 5.74) is 0.458. The second-order valence-corrected chi connectivity index (χ2v) is 6.10. The molecule has 2 rings (SSSR count). The molecule has 1 unspecified atom stereocenters. The van der Waals surface area contributed by atoms with E-state index in [1.807, 2.05) is 13.0 Å². The third-order valence-corrected chi connectivity index (χ3v) is 4.54. The van der Waals surface area contributed by atoms with E-state index in [9.17, 15) is 8.42 Å². The summed E-state index contributed by atoms with van der Waals surface area (Å²) < 4.78 is 26.6. The van der Waals surface area contributed by atoms with Crippen LogP contribution in [0.25, 0.3) is 0 Å². The van der Waals surface area contributed by atoms with Crippen LogP contribution in [0.5, 0.6) is 0 Å². The molecule has 0 bridgehead atoms. The highest BCUT2D eigenvalue weighted by atomic mass is 32.2. The summed E-state index contributed by atoms with van der Waals surface area (Å²) in [6, 6.07) is 7.88. The molecule has 1 aliphatic carbocycles. The first kappa shape index (κ1) is 12.1. The van der Waals surface area contributed by atoms with Gasteiger partial charge in [-0.05, 0) is 49.9 Å². The largest absolute Gasteiger partial charge is 0.240 e. The lowest BCUT2D eigenvalue weighted by Crippen LogP contribution is -2.33. The number of nitriles is 1. The minimum absolute atomic E-state index is 0.0179. The molecule has 0 radical (unpaired) electrons. The molecule has 1 aromatic carbocycles. The quantitative estimate of drug-likeness (QED) is 0.883. The lowest BCUT2D eigenvalue weighted by atomic mass is 10.2. The van der Waals surface area contributed by atoms with Crippen molar-refractivity contribution < 1.29 is 8.42 Å². The van der Waals surface area contributed by atoms with Crippen molar-refractivity contribution in [2.24, 2.45) is 5.92 Å². The summed E-state index contributed by atoms with van der Waals surface area (Å²) in [4.78, 5) is 0.212. The zero-order valence-electron chi connectivity index (χ0n) is 9.55. The van der Waals surface area contributed by atoms with Crippen LogP contribution in [0.4, 0.5) is 0 Å². The molecule has 0 saturated heterocycles. The Balaban J connectivity index is 2.16. The Morgan fingerprint density at radius 1 is 1.35 bits per heavy atom. The van der Waals surface area contributed by atoms with E-state index in [1.165, 1.54) is 24.3 Å². The first-order valence-electron chi connectivity index (χ1n) is 5.55. The van der Waals surface area contributed by atoms with Crippen molar-refractivity contribution in [1.29, 1.82) is 5.26 Å². The zero-order chi connectivity index (χ0) is 12.5. The van der Waals surface area contributed by atoms with Crippen molar-refractivity contribution in [3.8, 4) is 6.07 Å². The Labute approximate surface area is 101 Å². The van der Waals surface area contributed by atoms with Gasteiger partial charge in [-0.2, -0.15) is 5.26 Å². The maximum atomic E-state index is 12.0. The number of nitrogens with one attached hydrogen (secondary N) is 1. The topological polar surface area (TPSA) is 70.0 Å². The SMILES string of the molecule is CC(NS(=O)(=O)c1ccc(C#N)cc1)C1CC1. The Morgan fingerprint density at radius 2 is 1.94 bits per heavy atom.